The highest BCUT2D eigenvalue weighted by atomic mass is 32.2. The van der Waals surface area contributed by atoms with Gasteiger partial charge in [-0.25, -0.2) is 12.8 Å². The highest BCUT2D eigenvalue weighted by molar-refractivity contribution is 7.92. The Morgan fingerprint density at radius 2 is 1.59 bits per heavy atom. The third-order valence-corrected chi connectivity index (χ3v) is 7.55. The van der Waals surface area contributed by atoms with Crippen LogP contribution in [0.15, 0.2) is 83.8 Å². The van der Waals surface area contributed by atoms with Crippen molar-refractivity contribution in [1.82, 2.24) is 10.2 Å². The van der Waals surface area contributed by atoms with E-state index in [1.807, 2.05) is 6.92 Å². The van der Waals surface area contributed by atoms with Crippen LogP contribution >= 0.6 is 0 Å². The van der Waals surface area contributed by atoms with Crippen LogP contribution in [0.25, 0.3) is 0 Å². The predicted molar refractivity (Wildman–Crippen MR) is 139 cm³/mol. The van der Waals surface area contributed by atoms with Gasteiger partial charge >= 0.3 is 0 Å². The minimum Gasteiger partial charge on any atom is -0.494 e. The number of nitrogens with zero attached hydrogens (tertiary/aromatic N) is 2. The monoisotopic (exact) mass is 527 g/mol. The molecule has 3 aromatic rings. The Morgan fingerprint density at radius 3 is 2.19 bits per heavy atom. The summed E-state index contributed by atoms with van der Waals surface area (Å²) < 4.78 is 48.2. The van der Waals surface area contributed by atoms with E-state index in [1.165, 1.54) is 49.2 Å². The molecular weight excluding hydrogens is 497 g/mol. The van der Waals surface area contributed by atoms with Crippen LogP contribution in [0.3, 0.4) is 0 Å². The maximum atomic E-state index is 14.4. The lowest BCUT2D eigenvalue weighted by Crippen LogP contribution is -2.50. The number of carbonyl (C=O) groups is 2. The smallest absolute Gasteiger partial charge is 0.264 e. The molecule has 196 valence electrons. The second kappa shape index (κ2) is 12.4. The molecule has 1 N–H and O–H groups in total. The summed E-state index contributed by atoms with van der Waals surface area (Å²) in [6.45, 7) is 2.94. The van der Waals surface area contributed by atoms with Gasteiger partial charge in [-0.2, -0.15) is 0 Å². The van der Waals surface area contributed by atoms with E-state index in [2.05, 4.69) is 5.32 Å². The van der Waals surface area contributed by atoms with Crippen molar-refractivity contribution in [2.75, 3.05) is 24.5 Å². The number of rotatable bonds is 11. The molecule has 0 fully saturated rings. The molecule has 0 saturated heterocycles. The predicted octanol–water partition coefficient (Wildman–Crippen LogP) is 3.58. The molecule has 1 atom stereocenters. The lowest BCUT2D eigenvalue weighted by molar-refractivity contribution is -0.139. The van der Waals surface area contributed by atoms with Crippen molar-refractivity contribution in [3.05, 3.63) is 90.2 Å². The largest absolute Gasteiger partial charge is 0.494 e. The van der Waals surface area contributed by atoms with E-state index in [9.17, 15) is 22.4 Å². The van der Waals surface area contributed by atoms with E-state index >= 15 is 0 Å². The van der Waals surface area contributed by atoms with E-state index in [0.29, 0.717) is 12.4 Å². The number of hydrogen-bond acceptors (Lipinski definition) is 5. The highest BCUT2D eigenvalue weighted by Gasteiger charge is 2.32. The van der Waals surface area contributed by atoms with Gasteiger partial charge in [-0.15, -0.1) is 0 Å². The molecule has 0 aliphatic carbocycles. The minimum absolute atomic E-state index is 0.00307. The SMILES string of the molecule is CCOc1ccc(N(CC(=O)N(Cc2ccccc2F)C(C)C(=O)NC)S(=O)(=O)c2ccccc2)cc1. The topological polar surface area (TPSA) is 96.0 Å². The normalized spacial score (nSPS) is 11.9. The zero-order valence-electron chi connectivity index (χ0n) is 20.9. The Morgan fingerprint density at radius 1 is 0.973 bits per heavy atom. The van der Waals surface area contributed by atoms with Crippen molar-refractivity contribution in [2.45, 2.75) is 31.3 Å². The molecule has 8 nitrogen and oxygen atoms in total. The zero-order valence-corrected chi connectivity index (χ0v) is 21.7. The van der Waals surface area contributed by atoms with Crippen LogP contribution in [0.1, 0.15) is 19.4 Å². The summed E-state index contributed by atoms with van der Waals surface area (Å²) in [6, 6.07) is 19.0. The van der Waals surface area contributed by atoms with Crippen LogP contribution in [-0.2, 0) is 26.2 Å². The van der Waals surface area contributed by atoms with Gasteiger partial charge < -0.3 is 15.0 Å². The number of ether oxygens (including phenoxy) is 1. The minimum atomic E-state index is -4.17. The molecule has 0 aromatic heterocycles. The molecule has 0 saturated carbocycles. The van der Waals surface area contributed by atoms with Crippen LogP contribution in [-0.4, -0.2) is 51.4 Å². The summed E-state index contributed by atoms with van der Waals surface area (Å²) in [5, 5.41) is 2.49. The molecule has 0 aliphatic heterocycles. The van der Waals surface area contributed by atoms with Crippen LogP contribution in [0.4, 0.5) is 10.1 Å². The maximum absolute atomic E-state index is 14.4. The molecule has 3 rings (SSSR count). The highest BCUT2D eigenvalue weighted by Crippen LogP contribution is 2.26. The second-order valence-corrected chi connectivity index (χ2v) is 10.0. The Balaban J connectivity index is 2.02. The molecule has 3 aromatic carbocycles. The number of nitrogens with one attached hydrogen (secondary N) is 1. The standard InChI is InChI=1S/C27H30FN3O5S/c1-4-36-23-16-14-22(15-17-23)31(37(34,35)24-11-6-5-7-12-24)19-26(32)30(20(2)27(33)29-3)18-21-10-8-9-13-25(21)28/h5-17,20H,4,18-19H2,1-3H3,(H,29,33). The number of halogens is 1. The molecule has 10 heteroatoms. The summed E-state index contributed by atoms with van der Waals surface area (Å²) in [6.07, 6.45) is 0. The van der Waals surface area contributed by atoms with Gasteiger partial charge in [0.25, 0.3) is 10.0 Å². The van der Waals surface area contributed by atoms with Gasteiger partial charge in [0.15, 0.2) is 0 Å². The van der Waals surface area contributed by atoms with Crippen LogP contribution in [0.5, 0.6) is 5.75 Å². The molecule has 37 heavy (non-hydrogen) atoms. The first-order valence-corrected chi connectivity index (χ1v) is 13.2. The Labute approximate surface area is 216 Å². The molecule has 0 bridgehead atoms. The average molecular weight is 528 g/mol. The van der Waals surface area contributed by atoms with Crippen molar-refractivity contribution in [3.8, 4) is 5.75 Å². The van der Waals surface area contributed by atoms with Gasteiger partial charge in [-0.05, 0) is 56.3 Å². The molecule has 2 amide bonds. The Kier molecular flexibility index (Phi) is 9.24. The second-order valence-electron chi connectivity index (χ2n) is 8.15. The molecule has 0 aliphatic rings. The molecule has 0 spiro atoms. The number of anilines is 1. The zero-order chi connectivity index (χ0) is 27.0. The van der Waals surface area contributed by atoms with Crippen molar-refractivity contribution >= 4 is 27.5 Å². The van der Waals surface area contributed by atoms with E-state index in [4.69, 9.17) is 4.74 Å². The van der Waals surface area contributed by atoms with E-state index in [0.717, 1.165) is 4.31 Å². The van der Waals surface area contributed by atoms with Crippen LogP contribution < -0.4 is 14.4 Å². The molecule has 1 unspecified atom stereocenters. The summed E-state index contributed by atoms with van der Waals surface area (Å²) in [5.74, 6) is -1.13. The number of hydrogen-bond donors (Lipinski definition) is 1. The van der Waals surface area contributed by atoms with Crippen molar-refractivity contribution in [3.63, 3.8) is 0 Å². The lowest BCUT2D eigenvalue weighted by atomic mass is 10.1. The van der Waals surface area contributed by atoms with Crippen molar-refractivity contribution in [2.24, 2.45) is 0 Å². The molecule has 0 radical (unpaired) electrons. The fourth-order valence-electron chi connectivity index (χ4n) is 3.73. The summed E-state index contributed by atoms with van der Waals surface area (Å²) in [4.78, 5) is 27.3. The Hall–Kier alpha value is -3.92. The lowest BCUT2D eigenvalue weighted by Gasteiger charge is -2.31. The van der Waals surface area contributed by atoms with Crippen LogP contribution in [0, 0.1) is 5.82 Å². The van der Waals surface area contributed by atoms with Gasteiger partial charge in [-0.3, -0.25) is 13.9 Å². The first-order valence-electron chi connectivity index (χ1n) is 11.7. The molecule has 0 heterocycles. The molecular formula is C27H30FN3O5S. The number of benzene rings is 3. The quantitative estimate of drug-likeness (QED) is 0.411. The van der Waals surface area contributed by atoms with Crippen molar-refractivity contribution in [1.29, 1.82) is 0 Å². The van der Waals surface area contributed by atoms with E-state index in [1.54, 1.807) is 48.5 Å². The van der Waals surface area contributed by atoms with Crippen molar-refractivity contribution < 1.29 is 27.1 Å². The number of carbonyl (C=O) groups excluding carboxylic acids is 2. The van der Waals surface area contributed by atoms with E-state index in [-0.39, 0.29) is 22.7 Å². The first-order chi connectivity index (χ1) is 17.7. The fraction of sp³-hybridized carbons (Fsp3) is 0.259. The summed E-state index contributed by atoms with van der Waals surface area (Å²) >= 11 is 0. The third kappa shape index (κ3) is 6.65. The third-order valence-electron chi connectivity index (χ3n) is 5.76. The maximum Gasteiger partial charge on any atom is 0.264 e. The first kappa shape index (κ1) is 27.7. The van der Waals surface area contributed by atoms with E-state index < -0.39 is 40.2 Å². The number of sulfonamides is 1. The van der Waals surface area contributed by atoms with Crippen LogP contribution in [0.2, 0.25) is 0 Å². The van der Waals surface area contributed by atoms with Gasteiger partial charge in [0.1, 0.15) is 24.2 Å². The van der Waals surface area contributed by atoms with Gasteiger partial charge in [-0.1, -0.05) is 36.4 Å². The number of likely N-dealkylation sites (N-methyl/N-ethyl adjacent to an activating group) is 1. The van der Waals surface area contributed by atoms with Gasteiger partial charge in [0, 0.05) is 19.2 Å². The van der Waals surface area contributed by atoms with Gasteiger partial charge in [0.05, 0.1) is 17.2 Å². The Bertz CT molecular complexity index is 1320. The summed E-state index contributed by atoms with van der Waals surface area (Å²) in [5.41, 5.74) is 0.434. The summed E-state index contributed by atoms with van der Waals surface area (Å²) in [7, 11) is -2.74. The van der Waals surface area contributed by atoms with Gasteiger partial charge in [0.2, 0.25) is 11.8 Å². The fourth-order valence-corrected chi connectivity index (χ4v) is 5.16. The average Bonchev–Trinajstić information content (AvgIpc) is 2.91. The number of amides is 2.